The first-order valence-corrected chi connectivity index (χ1v) is 6.16. The normalized spacial score (nSPS) is 11.5. The smallest absolute Gasteiger partial charge is 0.243 e. The summed E-state index contributed by atoms with van der Waals surface area (Å²) in [6.07, 6.45) is 5.03. The topological polar surface area (TPSA) is 57.6 Å². The first kappa shape index (κ1) is 13.6. The molecule has 0 heterocycles. The molecule has 0 aliphatic rings. The third-order valence-corrected chi connectivity index (χ3v) is 4.01. The Bertz CT molecular complexity index is 548. The molecule has 0 saturated heterocycles. The van der Waals surface area contributed by atoms with Crippen molar-refractivity contribution in [1.29, 1.82) is 0 Å². The highest BCUT2D eigenvalue weighted by Gasteiger charge is 2.20. The second kappa shape index (κ2) is 5.27. The van der Waals surface area contributed by atoms with Gasteiger partial charge in [0, 0.05) is 12.6 Å². The summed E-state index contributed by atoms with van der Waals surface area (Å²) >= 11 is 0. The standard InChI is InChI=1S/C11H12FNO3S/c1-3-6-13(2)17(15,16)10-4-5-11(12)9(7-10)8-14/h1,4-5,7,14H,6,8H2,2H3. The molecule has 17 heavy (non-hydrogen) atoms. The number of aliphatic hydroxyl groups excluding tert-OH is 1. The van der Waals surface area contributed by atoms with E-state index in [9.17, 15) is 12.8 Å². The van der Waals surface area contributed by atoms with E-state index in [0.29, 0.717) is 0 Å². The zero-order chi connectivity index (χ0) is 13.1. The first-order chi connectivity index (χ1) is 7.93. The summed E-state index contributed by atoms with van der Waals surface area (Å²) in [6.45, 7) is -0.637. The van der Waals surface area contributed by atoms with Crippen LogP contribution in [0.1, 0.15) is 5.56 Å². The van der Waals surface area contributed by atoms with Crippen LogP contribution in [0.3, 0.4) is 0 Å². The third kappa shape index (κ3) is 2.82. The zero-order valence-corrected chi connectivity index (χ0v) is 10.0. The highest BCUT2D eigenvalue weighted by atomic mass is 32.2. The van der Waals surface area contributed by atoms with Gasteiger partial charge in [-0.2, -0.15) is 4.31 Å². The number of nitrogens with zero attached hydrogens (tertiary/aromatic N) is 1. The number of benzene rings is 1. The van der Waals surface area contributed by atoms with E-state index in [1.54, 1.807) is 0 Å². The van der Waals surface area contributed by atoms with Crippen LogP contribution in [-0.2, 0) is 16.6 Å². The molecule has 0 aliphatic heterocycles. The predicted octanol–water partition coefficient (Wildman–Crippen LogP) is 0.572. The van der Waals surface area contributed by atoms with Crippen molar-refractivity contribution in [2.24, 2.45) is 0 Å². The van der Waals surface area contributed by atoms with E-state index in [0.717, 1.165) is 22.5 Å². The van der Waals surface area contributed by atoms with E-state index in [-0.39, 0.29) is 17.0 Å². The van der Waals surface area contributed by atoms with E-state index in [1.807, 2.05) is 0 Å². The van der Waals surface area contributed by atoms with Gasteiger partial charge in [0.25, 0.3) is 0 Å². The monoisotopic (exact) mass is 257 g/mol. The molecule has 0 amide bonds. The fraction of sp³-hybridized carbons (Fsp3) is 0.273. The van der Waals surface area contributed by atoms with Crippen molar-refractivity contribution >= 4 is 10.0 Å². The molecule has 0 atom stereocenters. The fourth-order valence-electron chi connectivity index (χ4n) is 1.23. The second-order valence-electron chi connectivity index (χ2n) is 3.38. The number of aliphatic hydroxyl groups is 1. The van der Waals surface area contributed by atoms with Crippen LogP contribution in [0.4, 0.5) is 4.39 Å². The Morgan fingerprint density at radius 2 is 2.18 bits per heavy atom. The Kier molecular flexibility index (Phi) is 4.23. The molecule has 0 radical (unpaired) electrons. The molecule has 1 aromatic carbocycles. The van der Waals surface area contributed by atoms with Gasteiger partial charge in [-0.25, -0.2) is 12.8 Å². The zero-order valence-electron chi connectivity index (χ0n) is 9.22. The van der Waals surface area contributed by atoms with E-state index in [4.69, 9.17) is 11.5 Å². The van der Waals surface area contributed by atoms with Crippen LogP contribution in [-0.4, -0.2) is 31.4 Å². The van der Waals surface area contributed by atoms with Crippen molar-refractivity contribution in [3.05, 3.63) is 29.6 Å². The summed E-state index contributed by atoms with van der Waals surface area (Å²) in [7, 11) is -2.41. The maximum Gasteiger partial charge on any atom is 0.243 e. The Hall–Kier alpha value is -1.42. The Balaban J connectivity index is 3.21. The van der Waals surface area contributed by atoms with Crippen LogP contribution in [0.5, 0.6) is 0 Å². The molecule has 0 spiro atoms. The van der Waals surface area contributed by atoms with Crippen molar-refractivity contribution in [3.63, 3.8) is 0 Å². The minimum Gasteiger partial charge on any atom is -0.392 e. The molecule has 0 unspecified atom stereocenters. The van der Waals surface area contributed by atoms with Gasteiger partial charge in [0.15, 0.2) is 0 Å². The number of halogens is 1. The minimum atomic E-state index is -3.74. The van der Waals surface area contributed by atoms with Crippen LogP contribution >= 0.6 is 0 Å². The number of sulfonamides is 1. The van der Waals surface area contributed by atoms with Crippen LogP contribution < -0.4 is 0 Å². The van der Waals surface area contributed by atoms with Crippen LogP contribution in [0.15, 0.2) is 23.1 Å². The Morgan fingerprint density at radius 1 is 1.53 bits per heavy atom. The summed E-state index contributed by atoms with van der Waals surface area (Å²) in [4.78, 5) is -0.0966. The van der Waals surface area contributed by atoms with Crippen LogP contribution in [0, 0.1) is 18.2 Å². The summed E-state index contributed by atoms with van der Waals surface area (Å²) in [6, 6.07) is 3.23. The fourth-order valence-corrected chi connectivity index (χ4v) is 2.36. The van der Waals surface area contributed by atoms with Crippen molar-refractivity contribution in [2.45, 2.75) is 11.5 Å². The molecule has 1 aromatic rings. The summed E-state index contributed by atoms with van der Waals surface area (Å²) in [5.74, 6) is 1.56. The SMILES string of the molecule is C#CCN(C)S(=O)(=O)c1ccc(F)c(CO)c1. The van der Waals surface area contributed by atoms with E-state index in [2.05, 4.69) is 5.92 Å². The first-order valence-electron chi connectivity index (χ1n) is 4.72. The Morgan fingerprint density at radius 3 is 2.71 bits per heavy atom. The number of terminal acetylenes is 1. The third-order valence-electron chi connectivity index (χ3n) is 2.21. The van der Waals surface area contributed by atoms with Crippen LogP contribution in [0.25, 0.3) is 0 Å². The molecule has 1 N–H and O–H groups in total. The van der Waals surface area contributed by atoms with Gasteiger partial charge in [0.05, 0.1) is 18.0 Å². The molecule has 6 heteroatoms. The van der Waals surface area contributed by atoms with Gasteiger partial charge in [0.1, 0.15) is 5.82 Å². The highest BCUT2D eigenvalue weighted by Crippen LogP contribution is 2.18. The molecular formula is C11H12FNO3S. The molecule has 1 rings (SSSR count). The van der Waals surface area contributed by atoms with E-state index < -0.39 is 22.4 Å². The maximum absolute atomic E-state index is 13.1. The van der Waals surface area contributed by atoms with Crippen molar-refractivity contribution in [3.8, 4) is 12.3 Å². The molecule has 4 nitrogen and oxygen atoms in total. The largest absolute Gasteiger partial charge is 0.392 e. The molecule has 92 valence electrons. The minimum absolute atomic E-state index is 0.0693. The van der Waals surface area contributed by atoms with Gasteiger partial charge in [-0.15, -0.1) is 6.42 Å². The van der Waals surface area contributed by atoms with Gasteiger partial charge in [0.2, 0.25) is 10.0 Å². The van der Waals surface area contributed by atoms with E-state index in [1.165, 1.54) is 7.05 Å². The summed E-state index contributed by atoms with van der Waals surface area (Å²) in [5.41, 5.74) is -0.0693. The molecule has 0 fully saturated rings. The lowest BCUT2D eigenvalue weighted by molar-refractivity contribution is 0.275. The predicted molar refractivity (Wildman–Crippen MR) is 61.0 cm³/mol. The highest BCUT2D eigenvalue weighted by molar-refractivity contribution is 7.89. The quantitative estimate of drug-likeness (QED) is 0.802. The lowest BCUT2D eigenvalue weighted by Gasteiger charge is -2.14. The molecular weight excluding hydrogens is 245 g/mol. The lowest BCUT2D eigenvalue weighted by atomic mass is 10.2. The van der Waals surface area contributed by atoms with Gasteiger partial charge in [-0.1, -0.05) is 5.92 Å². The van der Waals surface area contributed by atoms with E-state index >= 15 is 0 Å². The lowest BCUT2D eigenvalue weighted by Crippen LogP contribution is -2.27. The number of hydrogen-bond donors (Lipinski definition) is 1. The molecule has 0 bridgehead atoms. The average molecular weight is 257 g/mol. The van der Waals surface area contributed by atoms with Crippen LogP contribution in [0.2, 0.25) is 0 Å². The average Bonchev–Trinajstić information content (AvgIpc) is 2.29. The van der Waals surface area contributed by atoms with Crippen molar-refractivity contribution in [2.75, 3.05) is 13.6 Å². The Labute approximate surface area is 99.7 Å². The van der Waals surface area contributed by atoms with Crippen molar-refractivity contribution in [1.82, 2.24) is 4.31 Å². The summed E-state index contributed by atoms with van der Waals surface area (Å²) in [5, 5.41) is 8.87. The molecule has 0 saturated carbocycles. The second-order valence-corrected chi connectivity index (χ2v) is 5.42. The molecule has 0 aromatic heterocycles. The van der Waals surface area contributed by atoms with Gasteiger partial charge < -0.3 is 5.11 Å². The van der Waals surface area contributed by atoms with Gasteiger partial charge in [-0.05, 0) is 18.2 Å². The summed E-state index contributed by atoms with van der Waals surface area (Å²) < 4.78 is 37.9. The number of rotatable bonds is 4. The van der Waals surface area contributed by atoms with Gasteiger partial charge in [-0.3, -0.25) is 0 Å². The molecule has 0 aliphatic carbocycles. The van der Waals surface area contributed by atoms with Crippen molar-refractivity contribution < 1.29 is 17.9 Å². The maximum atomic E-state index is 13.1. The van der Waals surface area contributed by atoms with Gasteiger partial charge >= 0.3 is 0 Å². The number of hydrogen-bond acceptors (Lipinski definition) is 3.